The zero-order valence-corrected chi connectivity index (χ0v) is 10.9. The summed E-state index contributed by atoms with van der Waals surface area (Å²) in [7, 11) is 1.33. The third kappa shape index (κ3) is 2.36. The molecule has 0 spiro atoms. The summed E-state index contributed by atoms with van der Waals surface area (Å²) in [5.74, 6) is 0.0949. The van der Waals surface area contributed by atoms with Gasteiger partial charge in [-0.1, -0.05) is 0 Å². The predicted molar refractivity (Wildman–Crippen MR) is 65.6 cm³/mol. The van der Waals surface area contributed by atoms with Gasteiger partial charge >= 0.3 is 5.97 Å². The van der Waals surface area contributed by atoms with Crippen molar-refractivity contribution in [2.75, 3.05) is 7.11 Å². The molecule has 6 heteroatoms. The molecule has 0 aliphatic carbocycles. The molecule has 0 unspecified atom stereocenters. The van der Waals surface area contributed by atoms with E-state index in [4.69, 9.17) is 0 Å². The van der Waals surface area contributed by atoms with E-state index >= 15 is 0 Å². The molecule has 0 aromatic carbocycles. The second-order valence-electron chi connectivity index (χ2n) is 3.41. The number of aromatic amines is 1. The van der Waals surface area contributed by atoms with Crippen LogP contribution < -0.4 is 0 Å². The monoisotopic (exact) mass is 295 g/mol. The number of rotatable bonds is 2. The number of H-pyrrole nitrogens is 1. The second-order valence-corrected chi connectivity index (χ2v) is 4.33. The zero-order valence-electron chi connectivity index (χ0n) is 9.32. The fourth-order valence-electron chi connectivity index (χ4n) is 1.39. The molecule has 1 N–H and O–H groups in total. The van der Waals surface area contributed by atoms with Crippen LogP contribution in [0.15, 0.2) is 22.8 Å². The summed E-state index contributed by atoms with van der Waals surface area (Å²) in [6.45, 7) is 1.77. The Labute approximate surface area is 106 Å². The van der Waals surface area contributed by atoms with Crippen LogP contribution in [0.4, 0.5) is 0 Å². The van der Waals surface area contributed by atoms with Gasteiger partial charge in [-0.05, 0) is 35.0 Å². The van der Waals surface area contributed by atoms with E-state index in [1.807, 2.05) is 12.1 Å². The third-order valence-electron chi connectivity index (χ3n) is 2.23. The number of esters is 1. The molecule has 0 atom stereocenters. The van der Waals surface area contributed by atoms with Gasteiger partial charge in [0, 0.05) is 16.4 Å². The lowest BCUT2D eigenvalue weighted by Gasteiger charge is -1.95. The number of nitrogens with one attached hydrogen (secondary N) is 1. The van der Waals surface area contributed by atoms with Crippen LogP contribution in [0.2, 0.25) is 0 Å². The van der Waals surface area contributed by atoms with Crippen molar-refractivity contribution >= 4 is 21.9 Å². The van der Waals surface area contributed by atoms with Gasteiger partial charge in [0.05, 0.1) is 7.11 Å². The number of halogens is 1. The molecular weight excluding hydrogens is 286 g/mol. The van der Waals surface area contributed by atoms with Gasteiger partial charge in [0.1, 0.15) is 5.69 Å². The molecule has 0 aliphatic rings. The Hall–Kier alpha value is -1.69. The number of aryl methyl sites for hydroxylation is 1. The summed E-state index contributed by atoms with van der Waals surface area (Å²) >= 11 is 3.30. The fraction of sp³-hybridized carbons (Fsp3) is 0.182. The number of aromatic nitrogens is 3. The molecule has 5 nitrogen and oxygen atoms in total. The van der Waals surface area contributed by atoms with E-state index < -0.39 is 5.97 Å². The van der Waals surface area contributed by atoms with Crippen molar-refractivity contribution in [3.8, 4) is 11.5 Å². The summed E-state index contributed by atoms with van der Waals surface area (Å²) < 4.78 is 5.52. The van der Waals surface area contributed by atoms with Crippen LogP contribution in [0.25, 0.3) is 11.5 Å². The summed E-state index contributed by atoms with van der Waals surface area (Å²) in [5, 5.41) is 0. The first-order chi connectivity index (χ1) is 8.11. The van der Waals surface area contributed by atoms with E-state index in [-0.39, 0.29) is 5.69 Å². The lowest BCUT2D eigenvalue weighted by molar-refractivity contribution is 0.0594. The lowest BCUT2D eigenvalue weighted by Crippen LogP contribution is -2.03. The average Bonchev–Trinajstić information content (AvgIpc) is 2.71. The highest BCUT2D eigenvalue weighted by molar-refractivity contribution is 9.10. The van der Waals surface area contributed by atoms with E-state index in [9.17, 15) is 4.79 Å². The molecule has 0 bridgehead atoms. The molecule has 0 aliphatic heterocycles. The molecule has 2 heterocycles. The molecule has 2 rings (SSSR count). The minimum Gasteiger partial charge on any atom is -0.464 e. The largest absolute Gasteiger partial charge is 0.464 e. The molecule has 2 aromatic heterocycles. The van der Waals surface area contributed by atoms with Crippen molar-refractivity contribution in [3.05, 3.63) is 34.2 Å². The molecule has 0 fully saturated rings. The third-order valence-corrected chi connectivity index (χ3v) is 2.70. The van der Waals surface area contributed by atoms with Crippen molar-refractivity contribution in [3.63, 3.8) is 0 Å². The highest BCUT2D eigenvalue weighted by atomic mass is 79.9. The molecular formula is C11H10BrN3O2. The number of hydrogen-bond acceptors (Lipinski definition) is 4. The molecule has 0 saturated carbocycles. The standard InChI is InChI=1S/C11H10BrN3O2/c1-6-9(11(16)17-2)15-10(14-6)8-4-3-7(12)5-13-8/h3-5H,1-2H3,(H,14,15). The number of hydrogen-bond donors (Lipinski definition) is 1. The molecule has 2 aromatic rings. The van der Waals surface area contributed by atoms with E-state index in [0.29, 0.717) is 17.2 Å². The summed E-state index contributed by atoms with van der Waals surface area (Å²) in [6, 6.07) is 3.67. The van der Waals surface area contributed by atoms with Gasteiger partial charge in [-0.25, -0.2) is 9.78 Å². The molecule has 0 radical (unpaired) electrons. The van der Waals surface area contributed by atoms with Gasteiger partial charge in [0.25, 0.3) is 0 Å². The number of pyridine rings is 1. The van der Waals surface area contributed by atoms with Gasteiger partial charge in [-0.3, -0.25) is 4.98 Å². The zero-order chi connectivity index (χ0) is 12.4. The van der Waals surface area contributed by atoms with Crippen LogP contribution in [-0.2, 0) is 4.74 Å². The SMILES string of the molecule is COC(=O)c1nc(-c2ccc(Br)cn2)[nH]c1C. The van der Waals surface area contributed by atoms with E-state index in [1.165, 1.54) is 7.11 Å². The number of methoxy groups -OCH3 is 1. The number of imidazole rings is 1. The van der Waals surface area contributed by atoms with Crippen molar-refractivity contribution in [2.45, 2.75) is 6.92 Å². The maximum Gasteiger partial charge on any atom is 0.358 e. The maximum atomic E-state index is 11.4. The van der Waals surface area contributed by atoms with Gasteiger partial charge < -0.3 is 9.72 Å². The van der Waals surface area contributed by atoms with Crippen molar-refractivity contribution in [1.29, 1.82) is 0 Å². The molecule has 0 amide bonds. The number of carbonyl (C=O) groups excluding carboxylic acids is 1. The Balaban J connectivity index is 2.41. The Kier molecular flexibility index (Phi) is 3.23. The highest BCUT2D eigenvalue weighted by Gasteiger charge is 2.16. The second kappa shape index (κ2) is 4.67. The van der Waals surface area contributed by atoms with Crippen LogP contribution in [0.1, 0.15) is 16.2 Å². The van der Waals surface area contributed by atoms with E-state index in [1.54, 1.807) is 13.1 Å². The maximum absolute atomic E-state index is 11.4. The summed E-state index contributed by atoms with van der Waals surface area (Å²) in [6.07, 6.45) is 1.67. The number of carbonyl (C=O) groups is 1. The van der Waals surface area contributed by atoms with Gasteiger partial charge in [0.2, 0.25) is 0 Å². The van der Waals surface area contributed by atoms with Crippen molar-refractivity contribution in [1.82, 2.24) is 15.0 Å². The van der Waals surface area contributed by atoms with Crippen LogP contribution >= 0.6 is 15.9 Å². The Morgan fingerprint density at radius 1 is 1.47 bits per heavy atom. The predicted octanol–water partition coefficient (Wildman–Crippen LogP) is 2.33. The Bertz CT molecular complexity index is 548. The van der Waals surface area contributed by atoms with Crippen LogP contribution in [-0.4, -0.2) is 28.0 Å². The van der Waals surface area contributed by atoms with Gasteiger partial charge in [0.15, 0.2) is 11.5 Å². The van der Waals surface area contributed by atoms with Gasteiger partial charge in [-0.2, -0.15) is 0 Å². The van der Waals surface area contributed by atoms with Crippen molar-refractivity contribution in [2.24, 2.45) is 0 Å². The van der Waals surface area contributed by atoms with Crippen molar-refractivity contribution < 1.29 is 9.53 Å². The topological polar surface area (TPSA) is 67.9 Å². The van der Waals surface area contributed by atoms with Gasteiger partial charge in [-0.15, -0.1) is 0 Å². The van der Waals surface area contributed by atoms with E-state index in [2.05, 4.69) is 35.6 Å². The molecule has 88 valence electrons. The van der Waals surface area contributed by atoms with Crippen LogP contribution in [0.5, 0.6) is 0 Å². The van der Waals surface area contributed by atoms with Crippen LogP contribution in [0, 0.1) is 6.92 Å². The first-order valence-corrected chi connectivity index (χ1v) is 5.68. The average molecular weight is 296 g/mol. The Morgan fingerprint density at radius 3 is 2.82 bits per heavy atom. The highest BCUT2D eigenvalue weighted by Crippen LogP contribution is 2.18. The quantitative estimate of drug-likeness (QED) is 0.864. The minimum absolute atomic E-state index is 0.284. The number of nitrogens with zero attached hydrogens (tertiary/aromatic N) is 2. The van der Waals surface area contributed by atoms with Crippen LogP contribution in [0.3, 0.4) is 0 Å². The fourth-order valence-corrected chi connectivity index (χ4v) is 1.63. The normalized spacial score (nSPS) is 10.3. The number of ether oxygens (including phenoxy) is 1. The van der Waals surface area contributed by atoms with E-state index in [0.717, 1.165) is 4.47 Å². The Morgan fingerprint density at radius 2 is 2.24 bits per heavy atom. The summed E-state index contributed by atoms with van der Waals surface area (Å²) in [5.41, 5.74) is 1.62. The summed E-state index contributed by atoms with van der Waals surface area (Å²) in [4.78, 5) is 22.8. The minimum atomic E-state index is -0.456. The first-order valence-electron chi connectivity index (χ1n) is 4.88. The first kappa shape index (κ1) is 11.8. The molecule has 0 saturated heterocycles. The molecule has 17 heavy (non-hydrogen) atoms. The lowest BCUT2D eigenvalue weighted by atomic mass is 10.3. The smallest absolute Gasteiger partial charge is 0.358 e.